The monoisotopic (exact) mass is 425 g/mol. The second-order valence-electron chi connectivity index (χ2n) is 7.57. The van der Waals surface area contributed by atoms with Gasteiger partial charge in [0, 0.05) is 18.0 Å². The molecule has 31 heavy (non-hydrogen) atoms. The van der Waals surface area contributed by atoms with Gasteiger partial charge in [0.2, 0.25) is 0 Å². The summed E-state index contributed by atoms with van der Waals surface area (Å²) in [5.41, 5.74) is 6.68. The number of aryl methyl sites for hydroxylation is 3. The average Bonchev–Trinajstić information content (AvgIpc) is 3.20. The lowest BCUT2D eigenvalue weighted by molar-refractivity contribution is 0.876. The van der Waals surface area contributed by atoms with Crippen molar-refractivity contribution in [2.24, 2.45) is 0 Å². The molecule has 0 saturated carbocycles. The van der Waals surface area contributed by atoms with Gasteiger partial charge in [-0.1, -0.05) is 47.7 Å². The molecule has 0 spiro atoms. The van der Waals surface area contributed by atoms with Crippen LogP contribution >= 0.6 is 11.8 Å². The molecule has 2 heterocycles. The summed E-state index contributed by atoms with van der Waals surface area (Å²) in [4.78, 5) is 4.11. The fourth-order valence-corrected chi connectivity index (χ4v) is 4.28. The molecule has 5 nitrogen and oxygen atoms in total. The van der Waals surface area contributed by atoms with Crippen LogP contribution in [0.15, 0.2) is 72.1 Å². The molecule has 1 unspecified atom stereocenters. The second kappa shape index (κ2) is 9.15. The van der Waals surface area contributed by atoms with Crippen LogP contribution in [0.25, 0.3) is 17.1 Å². The van der Waals surface area contributed by atoms with Crippen molar-refractivity contribution in [2.75, 3.05) is 0 Å². The van der Waals surface area contributed by atoms with Gasteiger partial charge in [0.1, 0.15) is 5.25 Å². The minimum absolute atomic E-state index is 0.275. The largest absolute Gasteiger partial charge is 0.270 e. The highest BCUT2D eigenvalue weighted by molar-refractivity contribution is 8.00. The summed E-state index contributed by atoms with van der Waals surface area (Å²) in [6, 6.07) is 20.9. The number of nitrogens with zero attached hydrogens (tertiary/aromatic N) is 5. The van der Waals surface area contributed by atoms with Crippen LogP contribution in [0.2, 0.25) is 0 Å². The molecule has 154 valence electrons. The molecular weight excluding hydrogens is 402 g/mol. The third-order valence-corrected chi connectivity index (χ3v) is 6.29. The fourth-order valence-electron chi connectivity index (χ4n) is 3.31. The minimum Gasteiger partial charge on any atom is -0.270 e. The van der Waals surface area contributed by atoms with Gasteiger partial charge in [-0.15, -0.1) is 10.2 Å². The Balaban J connectivity index is 1.73. The van der Waals surface area contributed by atoms with Crippen LogP contribution in [0.1, 0.15) is 22.3 Å². The summed E-state index contributed by atoms with van der Waals surface area (Å²) >= 11 is 1.45. The molecule has 0 N–H and O–H groups in total. The van der Waals surface area contributed by atoms with Crippen LogP contribution in [0, 0.1) is 32.1 Å². The zero-order valence-electron chi connectivity index (χ0n) is 17.8. The van der Waals surface area contributed by atoms with Crippen LogP contribution in [0.4, 0.5) is 0 Å². The van der Waals surface area contributed by atoms with E-state index in [4.69, 9.17) is 0 Å². The molecule has 0 aliphatic rings. The normalized spacial score (nSPS) is 11.8. The molecule has 0 aliphatic heterocycles. The number of nitriles is 1. The first-order valence-electron chi connectivity index (χ1n) is 10.1. The van der Waals surface area contributed by atoms with Crippen molar-refractivity contribution in [3.8, 4) is 23.1 Å². The lowest BCUT2D eigenvalue weighted by Crippen LogP contribution is -2.07. The van der Waals surface area contributed by atoms with E-state index in [1.165, 1.54) is 28.5 Å². The Labute approximate surface area is 186 Å². The lowest BCUT2D eigenvalue weighted by atomic mass is 10.1. The van der Waals surface area contributed by atoms with E-state index < -0.39 is 0 Å². The van der Waals surface area contributed by atoms with E-state index in [-0.39, 0.29) is 5.25 Å². The number of hydrogen-bond donors (Lipinski definition) is 0. The molecule has 4 aromatic rings. The summed E-state index contributed by atoms with van der Waals surface area (Å²) in [6.07, 6.45) is 4.14. The van der Waals surface area contributed by atoms with E-state index >= 15 is 0 Å². The van der Waals surface area contributed by atoms with Crippen molar-refractivity contribution in [2.45, 2.75) is 37.6 Å². The average molecular weight is 426 g/mol. The number of rotatable bonds is 6. The van der Waals surface area contributed by atoms with Crippen molar-refractivity contribution >= 4 is 11.8 Å². The van der Waals surface area contributed by atoms with Crippen LogP contribution in [-0.4, -0.2) is 25.0 Å². The SMILES string of the molecule is Cc1ccc(CC(C#N)Sc2nnc(-c3ccncc3)n2-c2ccc(C)c(C)c2)cc1. The zero-order valence-corrected chi connectivity index (χ0v) is 18.6. The number of thioether (sulfide) groups is 1. The Morgan fingerprint density at radius 2 is 1.68 bits per heavy atom. The summed E-state index contributed by atoms with van der Waals surface area (Å²) in [5, 5.41) is 19.2. The van der Waals surface area contributed by atoms with Crippen molar-refractivity contribution in [3.05, 3.63) is 89.2 Å². The number of hydrogen-bond acceptors (Lipinski definition) is 5. The summed E-state index contributed by atoms with van der Waals surface area (Å²) in [5.74, 6) is 0.736. The van der Waals surface area contributed by atoms with E-state index in [9.17, 15) is 5.26 Å². The van der Waals surface area contributed by atoms with E-state index in [0.29, 0.717) is 11.6 Å². The van der Waals surface area contributed by atoms with Gasteiger partial charge in [-0.25, -0.2) is 0 Å². The van der Waals surface area contributed by atoms with Gasteiger partial charge in [-0.2, -0.15) is 5.26 Å². The van der Waals surface area contributed by atoms with Crippen LogP contribution in [0.3, 0.4) is 0 Å². The Morgan fingerprint density at radius 1 is 0.935 bits per heavy atom. The lowest BCUT2D eigenvalue weighted by Gasteiger charge is -2.14. The molecule has 0 aliphatic carbocycles. The van der Waals surface area contributed by atoms with Gasteiger partial charge in [-0.3, -0.25) is 9.55 Å². The first-order valence-corrected chi connectivity index (χ1v) is 11.0. The van der Waals surface area contributed by atoms with E-state index in [0.717, 1.165) is 22.6 Å². The maximum Gasteiger partial charge on any atom is 0.197 e. The van der Waals surface area contributed by atoms with Crippen molar-refractivity contribution < 1.29 is 0 Å². The van der Waals surface area contributed by atoms with Crippen LogP contribution in [0.5, 0.6) is 0 Å². The van der Waals surface area contributed by atoms with Crippen molar-refractivity contribution in [3.63, 3.8) is 0 Å². The van der Waals surface area contributed by atoms with Crippen molar-refractivity contribution in [1.29, 1.82) is 5.26 Å². The highest BCUT2D eigenvalue weighted by atomic mass is 32.2. The first-order chi connectivity index (χ1) is 15.0. The van der Waals surface area contributed by atoms with E-state index in [1.807, 2.05) is 16.7 Å². The Kier molecular flexibility index (Phi) is 6.15. The highest BCUT2D eigenvalue weighted by Crippen LogP contribution is 2.31. The van der Waals surface area contributed by atoms with Gasteiger partial charge >= 0.3 is 0 Å². The minimum atomic E-state index is -0.275. The van der Waals surface area contributed by atoms with Crippen LogP contribution in [-0.2, 0) is 6.42 Å². The second-order valence-corrected chi connectivity index (χ2v) is 8.74. The zero-order chi connectivity index (χ0) is 21.8. The molecule has 0 amide bonds. The predicted molar refractivity (Wildman–Crippen MR) is 124 cm³/mol. The molecule has 0 fully saturated rings. The third kappa shape index (κ3) is 4.68. The molecule has 1 atom stereocenters. The van der Waals surface area contributed by atoms with Gasteiger partial charge in [-0.05, 0) is 68.1 Å². The topological polar surface area (TPSA) is 67.4 Å². The van der Waals surface area contributed by atoms with E-state index in [1.54, 1.807) is 12.4 Å². The molecule has 4 rings (SSSR count). The molecule has 0 bridgehead atoms. The Morgan fingerprint density at radius 3 is 2.35 bits per heavy atom. The molecular formula is C25H23N5S. The van der Waals surface area contributed by atoms with Gasteiger partial charge < -0.3 is 0 Å². The summed E-state index contributed by atoms with van der Waals surface area (Å²) < 4.78 is 2.03. The molecule has 0 saturated heterocycles. The first kappa shape index (κ1) is 20.8. The van der Waals surface area contributed by atoms with Crippen LogP contribution < -0.4 is 0 Å². The summed E-state index contributed by atoms with van der Waals surface area (Å²) in [6.45, 7) is 6.25. The fraction of sp³-hybridized carbons (Fsp3) is 0.200. The quantitative estimate of drug-likeness (QED) is 0.383. The molecule has 2 aromatic carbocycles. The predicted octanol–water partition coefficient (Wildman–Crippen LogP) is 5.48. The smallest absolute Gasteiger partial charge is 0.197 e. The number of pyridine rings is 1. The standard InChI is InChI=1S/C25H23N5S/c1-17-4-7-20(8-5-17)15-23(16-26)31-25-29-28-24(21-10-12-27-13-11-21)30(25)22-9-6-18(2)19(3)14-22/h4-14,23H,15H2,1-3H3. The van der Waals surface area contributed by atoms with Crippen molar-refractivity contribution in [1.82, 2.24) is 19.7 Å². The van der Waals surface area contributed by atoms with Gasteiger partial charge in [0.05, 0.1) is 11.8 Å². The Hall–Kier alpha value is -3.43. The Bertz CT molecular complexity index is 1220. The van der Waals surface area contributed by atoms with Gasteiger partial charge in [0.25, 0.3) is 0 Å². The van der Waals surface area contributed by atoms with Gasteiger partial charge in [0.15, 0.2) is 11.0 Å². The molecule has 6 heteroatoms. The van der Waals surface area contributed by atoms with E-state index in [2.05, 4.69) is 84.5 Å². The highest BCUT2D eigenvalue weighted by Gasteiger charge is 2.21. The third-order valence-electron chi connectivity index (χ3n) is 5.25. The maximum absolute atomic E-state index is 9.83. The number of aromatic nitrogens is 4. The maximum atomic E-state index is 9.83. The molecule has 0 radical (unpaired) electrons. The number of benzene rings is 2. The molecule has 2 aromatic heterocycles. The summed E-state index contributed by atoms with van der Waals surface area (Å²) in [7, 11) is 0.